The first-order valence-corrected chi connectivity index (χ1v) is 2.33. The Labute approximate surface area is 47.0 Å². The smallest absolute Gasteiger partial charge is 0.260 e. The van der Waals surface area contributed by atoms with Crippen LogP contribution in [0.5, 0.6) is 0 Å². The van der Waals surface area contributed by atoms with Crippen LogP contribution >= 0.6 is 0 Å². The highest BCUT2D eigenvalue weighted by molar-refractivity contribution is 4.75. The molecule has 0 aliphatic rings. The van der Waals surface area contributed by atoms with Gasteiger partial charge in [-0.2, -0.15) is 0 Å². The number of hydrogen-bond donors (Lipinski definition) is 0. The Kier molecular flexibility index (Phi) is 4.21. The number of halogens is 2. The minimum Gasteiger partial charge on any atom is -0.502 e. The largest absolute Gasteiger partial charge is 0.502 e. The number of rotatable bonds is 3. The molecule has 0 heterocycles. The molecule has 0 bridgehead atoms. The Balaban J connectivity index is 3.07. The molecule has 0 atom stereocenters. The molecule has 8 heavy (non-hydrogen) atoms. The molecule has 0 aromatic rings. The third kappa shape index (κ3) is 5.40. The van der Waals surface area contributed by atoms with Crippen molar-refractivity contribution in [2.45, 2.75) is 13.3 Å². The lowest BCUT2D eigenvalue weighted by molar-refractivity contribution is 0.193. The van der Waals surface area contributed by atoms with Crippen molar-refractivity contribution < 1.29 is 13.5 Å². The van der Waals surface area contributed by atoms with Crippen LogP contribution in [-0.4, -0.2) is 13.0 Å². The van der Waals surface area contributed by atoms with Gasteiger partial charge in [0.1, 0.15) is 0 Å². The van der Waals surface area contributed by atoms with E-state index in [2.05, 4.69) is 4.74 Å². The molecule has 0 unspecified atom stereocenters. The van der Waals surface area contributed by atoms with Crippen molar-refractivity contribution in [3.63, 3.8) is 0 Å². The van der Waals surface area contributed by atoms with Gasteiger partial charge in [0.2, 0.25) is 0 Å². The molecule has 0 saturated heterocycles. The van der Waals surface area contributed by atoms with Crippen LogP contribution in [0.4, 0.5) is 8.78 Å². The molecule has 0 N–H and O–H groups in total. The van der Waals surface area contributed by atoms with Crippen molar-refractivity contribution >= 4 is 0 Å². The van der Waals surface area contributed by atoms with Crippen LogP contribution in [0.25, 0.3) is 0 Å². The van der Waals surface area contributed by atoms with Crippen molar-refractivity contribution in [2.24, 2.45) is 0 Å². The van der Waals surface area contributed by atoms with Gasteiger partial charge in [-0.1, -0.05) is 0 Å². The zero-order valence-corrected chi connectivity index (χ0v) is 4.60. The lowest BCUT2D eigenvalue weighted by Crippen LogP contribution is -1.82. The summed E-state index contributed by atoms with van der Waals surface area (Å²) in [6.07, 6.45) is -0.699. The SMILES string of the molecule is CCOC=CC(F)F. The van der Waals surface area contributed by atoms with Crippen LogP contribution < -0.4 is 0 Å². The van der Waals surface area contributed by atoms with Crippen molar-refractivity contribution in [2.75, 3.05) is 6.61 Å². The average molecular weight is 122 g/mol. The number of allylic oxidation sites excluding steroid dienone is 1. The molecule has 1 nitrogen and oxygen atoms in total. The summed E-state index contributed by atoms with van der Waals surface area (Å²) in [5.74, 6) is 0. The summed E-state index contributed by atoms with van der Waals surface area (Å²) >= 11 is 0. The van der Waals surface area contributed by atoms with E-state index in [-0.39, 0.29) is 0 Å². The monoisotopic (exact) mass is 122 g/mol. The second-order valence-corrected chi connectivity index (χ2v) is 1.12. The van der Waals surface area contributed by atoms with Gasteiger partial charge >= 0.3 is 0 Å². The lowest BCUT2D eigenvalue weighted by atomic mass is 10.7. The molecule has 0 fully saturated rings. The third-order valence-electron chi connectivity index (χ3n) is 0.487. The van der Waals surface area contributed by atoms with Crippen LogP contribution in [0.3, 0.4) is 0 Å². The number of alkyl halides is 2. The zero-order chi connectivity index (χ0) is 6.41. The van der Waals surface area contributed by atoms with Crippen molar-refractivity contribution in [1.82, 2.24) is 0 Å². The summed E-state index contributed by atoms with van der Waals surface area (Å²) < 4.78 is 26.9. The van der Waals surface area contributed by atoms with Crippen molar-refractivity contribution in [3.05, 3.63) is 12.3 Å². The number of hydrogen-bond acceptors (Lipinski definition) is 1. The van der Waals surface area contributed by atoms with Gasteiger partial charge in [0.25, 0.3) is 6.43 Å². The molecular formula is C5H8F2O. The van der Waals surface area contributed by atoms with Crippen molar-refractivity contribution in [3.8, 4) is 0 Å². The quantitative estimate of drug-likeness (QED) is 0.518. The summed E-state index contributed by atoms with van der Waals surface area (Å²) in [4.78, 5) is 0. The van der Waals surface area contributed by atoms with Crippen LogP contribution in [-0.2, 0) is 4.74 Å². The fourth-order valence-corrected chi connectivity index (χ4v) is 0.211. The molecular weight excluding hydrogens is 114 g/mol. The summed E-state index contributed by atoms with van der Waals surface area (Å²) in [5, 5.41) is 0. The molecule has 3 heteroatoms. The predicted octanol–water partition coefficient (Wildman–Crippen LogP) is 1.80. The van der Waals surface area contributed by atoms with Gasteiger partial charge < -0.3 is 4.74 Å². The maximum Gasteiger partial charge on any atom is 0.260 e. The maximum absolute atomic E-state index is 11.2. The van der Waals surface area contributed by atoms with Crippen LogP contribution in [0, 0.1) is 0 Å². The average Bonchev–Trinajstić information content (AvgIpc) is 1.66. The molecule has 0 saturated carbocycles. The molecule has 0 aliphatic carbocycles. The Morgan fingerprint density at radius 2 is 2.25 bits per heavy atom. The van der Waals surface area contributed by atoms with Gasteiger partial charge in [0, 0.05) is 6.08 Å². The maximum atomic E-state index is 11.2. The van der Waals surface area contributed by atoms with Crippen molar-refractivity contribution in [1.29, 1.82) is 0 Å². The van der Waals surface area contributed by atoms with Gasteiger partial charge in [-0.05, 0) is 6.92 Å². The normalized spacial score (nSPS) is 11.0. The molecule has 48 valence electrons. The Morgan fingerprint density at radius 3 is 2.62 bits per heavy atom. The minimum absolute atomic E-state index is 0.434. The molecule has 0 spiro atoms. The van der Waals surface area contributed by atoms with Crippen LogP contribution in [0.15, 0.2) is 12.3 Å². The van der Waals surface area contributed by atoms with Crippen LogP contribution in [0.1, 0.15) is 6.92 Å². The summed E-state index contributed by atoms with van der Waals surface area (Å²) in [7, 11) is 0. The first-order chi connectivity index (χ1) is 3.77. The highest BCUT2D eigenvalue weighted by atomic mass is 19.3. The van der Waals surface area contributed by atoms with E-state index in [9.17, 15) is 8.78 Å². The number of ether oxygens (including phenoxy) is 1. The van der Waals surface area contributed by atoms with E-state index in [0.29, 0.717) is 12.7 Å². The molecule has 0 aliphatic heterocycles. The molecule has 0 rings (SSSR count). The third-order valence-corrected chi connectivity index (χ3v) is 0.487. The molecule has 0 radical (unpaired) electrons. The second-order valence-electron chi connectivity index (χ2n) is 1.12. The molecule has 0 aromatic heterocycles. The van der Waals surface area contributed by atoms with E-state index >= 15 is 0 Å². The Bertz CT molecular complexity index is 70.8. The first-order valence-electron chi connectivity index (χ1n) is 2.33. The van der Waals surface area contributed by atoms with Gasteiger partial charge in [-0.3, -0.25) is 0 Å². The highest BCUT2D eigenvalue weighted by Crippen LogP contribution is 1.92. The highest BCUT2D eigenvalue weighted by Gasteiger charge is 1.90. The van der Waals surface area contributed by atoms with E-state index in [1.165, 1.54) is 0 Å². The second kappa shape index (κ2) is 4.56. The lowest BCUT2D eigenvalue weighted by Gasteiger charge is -1.90. The van der Waals surface area contributed by atoms with E-state index in [0.717, 1.165) is 6.26 Å². The van der Waals surface area contributed by atoms with Crippen LogP contribution in [0.2, 0.25) is 0 Å². The minimum atomic E-state index is -2.40. The van der Waals surface area contributed by atoms with E-state index in [1.54, 1.807) is 6.92 Å². The van der Waals surface area contributed by atoms with E-state index < -0.39 is 6.43 Å². The first kappa shape index (κ1) is 7.40. The fraction of sp³-hybridized carbons (Fsp3) is 0.600. The Morgan fingerprint density at radius 1 is 1.62 bits per heavy atom. The fourth-order valence-electron chi connectivity index (χ4n) is 0.211. The summed E-state index contributed by atoms with van der Waals surface area (Å²) in [6, 6.07) is 0. The van der Waals surface area contributed by atoms with Gasteiger partial charge in [-0.15, -0.1) is 0 Å². The Hall–Kier alpha value is -0.600. The summed E-state index contributed by atoms with van der Waals surface area (Å²) in [6.45, 7) is 2.17. The topological polar surface area (TPSA) is 9.23 Å². The van der Waals surface area contributed by atoms with E-state index in [1.807, 2.05) is 0 Å². The molecule has 0 aromatic carbocycles. The standard InChI is InChI=1S/C5H8F2O/c1-2-8-4-3-5(6)7/h3-5H,2H2,1H3. The van der Waals surface area contributed by atoms with Gasteiger partial charge in [0.15, 0.2) is 0 Å². The van der Waals surface area contributed by atoms with E-state index in [4.69, 9.17) is 0 Å². The van der Waals surface area contributed by atoms with Gasteiger partial charge in [-0.25, -0.2) is 8.78 Å². The van der Waals surface area contributed by atoms with Gasteiger partial charge in [0.05, 0.1) is 12.9 Å². The predicted molar refractivity (Wildman–Crippen MR) is 26.8 cm³/mol. The molecule has 0 amide bonds. The zero-order valence-electron chi connectivity index (χ0n) is 4.60. The summed E-state index contributed by atoms with van der Waals surface area (Å²) in [5.41, 5.74) is 0.